The van der Waals surface area contributed by atoms with E-state index in [-0.39, 0.29) is 6.04 Å². The van der Waals surface area contributed by atoms with Crippen molar-refractivity contribution in [1.29, 1.82) is 0 Å². The fourth-order valence-corrected chi connectivity index (χ4v) is 3.12. The molecule has 2 aromatic rings. The van der Waals surface area contributed by atoms with E-state index in [9.17, 15) is 0 Å². The molecule has 0 spiro atoms. The lowest BCUT2D eigenvalue weighted by Gasteiger charge is -2.19. The number of rotatable bonds is 4. The van der Waals surface area contributed by atoms with Crippen LogP contribution in [-0.4, -0.2) is 0 Å². The minimum Gasteiger partial charge on any atom is -0.271 e. The van der Waals surface area contributed by atoms with Crippen LogP contribution < -0.4 is 11.3 Å². The highest BCUT2D eigenvalue weighted by molar-refractivity contribution is 14.1. The van der Waals surface area contributed by atoms with Crippen molar-refractivity contribution >= 4 is 38.5 Å². The van der Waals surface area contributed by atoms with E-state index in [2.05, 4.69) is 87.3 Å². The molecule has 1 atom stereocenters. The molecular weight excluding hydrogens is 415 g/mol. The molecule has 0 aliphatic rings. The Balaban J connectivity index is 2.46. The molecule has 0 heterocycles. The minimum atomic E-state index is 0.0101. The van der Waals surface area contributed by atoms with Gasteiger partial charge in [0.05, 0.1) is 6.04 Å². The molecule has 2 aromatic carbocycles. The maximum atomic E-state index is 5.78. The summed E-state index contributed by atoms with van der Waals surface area (Å²) in [5, 5.41) is 0. The van der Waals surface area contributed by atoms with E-state index >= 15 is 0 Å². The second kappa shape index (κ2) is 6.83. The number of halogens is 2. The van der Waals surface area contributed by atoms with Gasteiger partial charge in [0, 0.05) is 8.04 Å². The Morgan fingerprint density at radius 3 is 2.74 bits per heavy atom. The van der Waals surface area contributed by atoms with Crippen LogP contribution in [0, 0.1) is 3.57 Å². The topological polar surface area (TPSA) is 38.0 Å². The van der Waals surface area contributed by atoms with Crippen molar-refractivity contribution in [3.63, 3.8) is 0 Å². The molecule has 0 aromatic heterocycles. The highest BCUT2D eigenvalue weighted by Gasteiger charge is 2.15. The maximum absolute atomic E-state index is 5.78. The van der Waals surface area contributed by atoms with E-state index in [1.54, 1.807) is 0 Å². The molecule has 0 radical (unpaired) electrons. The van der Waals surface area contributed by atoms with Crippen LogP contribution in [-0.2, 0) is 6.42 Å². The highest BCUT2D eigenvalue weighted by Crippen LogP contribution is 2.28. The SMILES string of the molecule is CCc1cccc(C(NN)c2cc(Br)ccc2I)c1. The molecule has 0 aliphatic carbocycles. The lowest BCUT2D eigenvalue weighted by molar-refractivity contribution is 0.633. The van der Waals surface area contributed by atoms with Gasteiger partial charge in [-0.3, -0.25) is 5.84 Å². The van der Waals surface area contributed by atoms with Crippen molar-refractivity contribution in [2.24, 2.45) is 5.84 Å². The van der Waals surface area contributed by atoms with Gasteiger partial charge in [-0.05, 0) is 63.9 Å². The molecule has 0 saturated carbocycles. The third-order valence-corrected chi connectivity index (χ3v) is 4.60. The van der Waals surface area contributed by atoms with Crippen molar-refractivity contribution in [3.8, 4) is 0 Å². The van der Waals surface area contributed by atoms with Crippen molar-refractivity contribution in [1.82, 2.24) is 5.43 Å². The number of hydrazine groups is 1. The summed E-state index contributed by atoms with van der Waals surface area (Å²) in [6.45, 7) is 2.16. The molecule has 100 valence electrons. The molecule has 0 fully saturated rings. The zero-order valence-electron chi connectivity index (χ0n) is 10.7. The van der Waals surface area contributed by atoms with Crippen LogP contribution in [0.1, 0.15) is 29.7 Å². The summed E-state index contributed by atoms with van der Waals surface area (Å²) < 4.78 is 2.26. The number of hydrogen-bond acceptors (Lipinski definition) is 2. The molecule has 0 amide bonds. The largest absolute Gasteiger partial charge is 0.271 e. The summed E-state index contributed by atoms with van der Waals surface area (Å²) in [7, 11) is 0. The van der Waals surface area contributed by atoms with Crippen LogP contribution in [0.4, 0.5) is 0 Å². The summed E-state index contributed by atoms with van der Waals surface area (Å²) in [6.07, 6.45) is 1.03. The fraction of sp³-hybridized carbons (Fsp3) is 0.200. The van der Waals surface area contributed by atoms with Gasteiger partial charge in [0.25, 0.3) is 0 Å². The Labute approximate surface area is 136 Å². The standard InChI is InChI=1S/C15H16BrIN2/c1-2-10-4-3-5-11(8-10)15(19-18)13-9-12(16)6-7-14(13)17/h3-9,15,19H,2,18H2,1H3. The van der Waals surface area contributed by atoms with Crippen LogP contribution in [0.3, 0.4) is 0 Å². The fourth-order valence-electron chi connectivity index (χ4n) is 2.09. The molecule has 0 saturated heterocycles. The van der Waals surface area contributed by atoms with Crippen LogP contribution in [0.5, 0.6) is 0 Å². The van der Waals surface area contributed by atoms with Gasteiger partial charge in [-0.1, -0.05) is 47.1 Å². The number of aryl methyl sites for hydroxylation is 1. The van der Waals surface area contributed by atoms with Crippen LogP contribution in [0.25, 0.3) is 0 Å². The smallest absolute Gasteiger partial charge is 0.0720 e. The summed E-state index contributed by atoms with van der Waals surface area (Å²) >= 11 is 5.87. The molecule has 3 N–H and O–H groups in total. The van der Waals surface area contributed by atoms with E-state index in [1.807, 2.05) is 6.07 Å². The predicted molar refractivity (Wildman–Crippen MR) is 91.8 cm³/mol. The number of nitrogens with one attached hydrogen (secondary N) is 1. The summed E-state index contributed by atoms with van der Waals surface area (Å²) in [5.41, 5.74) is 6.63. The van der Waals surface area contributed by atoms with Crippen LogP contribution >= 0.6 is 38.5 Å². The number of nitrogens with two attached hydrogens (primary N) is 1. The van der Waals surface area contributed by atoms with Crippen molar-refractivity contribution < 1.29 is 0 Å². The Kier molecular flexibility index (Phi) is 5.38. The Morgan fingerprint density at radius 2 is 2.05 bits per heavy atom. The number of hydrogen-bond donors (Lipinski definition) is 2. The minimum absolute atomic E-state index is 0.0101. The highest BCUT2D eigenvalue weighted by atomic mass is 127. The van der Waals surface area contributed by atoms with Gasteiger partial charge in [0.15, 0.2) is 0 Å². The molecule has 19 heavy (non-hydrogen) atoms. The summed E-state index contributed by atoms with van der Waals surface area (Å²) in [5.74, 6) is 5.78. The monoisotopic (exact) mass is 430 g/mol. The summed E-state index contributed by atoms with van der Waals surface area (Å²) in [6, 6.07) is 14.8. The molecular formula is C15H16BrIN2. The number of benzene rings is 2. The van der Waals surface area contributed by atoms with Crippen molar-refractivity contribution in [2.75, 3.05) is 0 Å². The normalized spacial score (nSPS) is 12.4. The quantitative estimate of drug-likeness (QED) is 0.434. The first-order valence-electron chi connectivity index (χ1n) is 6.15. The van der Waals surface area contributed by atoms with Crippen LogP contribution in [0.2, 0.25) is 0 Å². The zero-order valence-corrected chi connectivity index (χ0v) is 14.4. The Hall–Kier alpha value is -0.430. The van der Waals surface area contributed by atoms with Crippen molar-refractivity contribution in [2.45, 2.75) is 19.4 Å². The first-order valence-corrected chi connectivity index (χ1v) is 8.02. The second-order valence-corrected chi connectivity index (χ2v) is 6.44. The van der Waals surface area contributed by atoms with E-state index in [4.69, 9.17) is 5.84 Å². The average molecular weight is 431 g/mol. The summed E-state index contributed by atoms with van der Waals surface area (Å²) in [4.78, 5) is 0. The molecule has 4 heteroatoms. The van der Waals surface area contributed by atoms with Crippen molar-refractivity contribution in [3.05, 3.63) is 67.2 Å². The molecule has 2 nitrogen and oxygen atoms in total. The predicted octanol–water partition coefficient (Wildman–Crippen LogP) is 4.17. The maximum Gasteiger partial charge on any atom is 0.0720 e. The van der Waals surface area contributed by atoms with Gasteiger partial charge in [-0.2, -0.15) is 0 Å². The van der Waals surface area contributed by atoms with Gasteiger partial charge < -0.3 is 0 Å². The van der Waals surface area contributed by atoms with Gasteiger partial charge in [-0.25, -0.2) is 5.43 Å². The molecule has 1 unspecified atom stereocenters. The Morgan fingerprint density at radius 1 is 1.26 bits per heavy atom. The zero-order chi connectivity index (χ0) is 13.8. The van der Waals surface area contributed by atoms with Crippen LogP contribution in [0.15, 0.2) is 46.9 Å². The molecule has 2 rings (SSSR count). The molecule has 0 aliphatic heterocycles. The van der Waals surface area contributed by atoms with E-state index in [1.165, 1.54) is 20.3 Å². The van der Waals surface area contributed by atoms with Gasteiger partial charge in [0.2, 0.25) is 0 Å². The van der Waals surface area contributed by atoms with E-state index < -0.39 is 0 Å². The molecule has 0 bridgehead atoms. The van der Waals surface area contributed by atoms with Gasteiger partial charge in [0.1, 0.15) is 0 Å². The second-order valence-electron chi connectivity index (χ2n) is 4.36. The average Bonchev–Trinajstić information content (AvgIpc) is 2.44. The lowest BCUT2D eigenvalue weighted by atomic mass is 9.97. The lowest BCUT2D eigenvalue weighted by Crippen LogP contribution is -2.29. The first-order chi connectivity index (χ1) is 9.15. The van der Waals surface area contributed by atoms with Gasteiger partial charge >= 0.3 is 0 Å². The first kappa shape index (κ1) is 15.0. The van der Waals surface area contributed by atoms with E-state index in [0.717, 1.165) is 10.9 Å². The van der Waals surface area contributed by atoms with E-state index in [0.29, 0.717) is 0 Å². The third-order valence-electron chi connectivity index (χ3n) is 3.13. The van der Waals surface area contributed by atoms with Gasteiger partial charge in [-0.15, -0.1) is 0 Å². The third kappa shape index (κ3) is 3.56. The Bertz CT molecular complexity index is 572.